The van der Waals surface area contributed by atoms with Crippen LogP contribution in [0.4, 0.5) is 0 Å². The molecular formula is C55H79NO. The SMILES string of the molecule is CC1=C(C2CC=CCC2)CC(C2CCCC(C3CCCC(c4cccc(C5(C6=CCCCC6)C6CCCCC6O[C@@H]6CCCCC65)c4)C3)C2)N=C1C1CCCCC1. The molecule has 10 rings (SSSR count). The Labute approximate surface area is 348 Å². The van der Waals surface area contributed by atoms with Crippen molar-refractivity contribution >= 4 is 5.71 Å². The first-order valence-electron chi connectivity index (χ1n) is 25.5. The normalized spacial score (nSPS) is 40.8. The van der Waals surface area contributed by atoms with Gasteiger partial charge in [0.1, 0.15) is 0 Å². The maximum absolute atomic E-state index is 7.18. The van der Waals surface area contributed by atoms with Gasteiger partial charge in [-0.1, -0.05) is 124 Å². The Balaban J connectivity index is 0.903. The van der Waals surface area contributed by atoms with Gasteiger partial charge >= 0.3 is 0 Å². The highest BCUT2D eigenvalue weighted by Gasteiger charge is 2.59. The van der Waals surface area contributed by atoms with Gasteiger partial charge in [0.25, 0.3) is 0 Å². The van der Waals surface area contributed by atoms with Crippen LogP contribution in [-0.4, -0.2) is 24.0 Å². The third-order valence-corrected chi connectivity index (χ3v) is 18.6. The monoisotopic (exact) mass is 770 g/mol. The number of benzene rings is 1. The Kier molecular flexibility index (Phi) is 12.1. The topological polar surface area (TPSA) is 21.6 Å². The van der Waals surface area contributed by atoms with Crippen molar-refractivity contribution in [3.63, 3.8) is 0 Å². The minimum atomic E-state index is 0.200. The summed E-state index contributed by atoms with van der Waals surface area (Å²) in [5, 5.41) is 0. The molecule has 9 aliphatic rings. The van der Waals surface area contributed by atoms with E-state index in [4.69, 9.17) is 9.73 Å². The molecule has 10 unspecified atom stereocenters. The Bertz CT molecular complexity index is 1650. The number of dihydropyridines is 1. The first-order valence-corrected chi connectivity index (χ1v) is 25.5. The summed E-state index contributed by atoms with van der Waals surface area (Å²) in [6, 6.07) is 11.1. The van der Waals surface area contributed by atoms with Gasteiger partial charge in [0, 0.05) is 17.0 Å². The smallest absolute Gasteiger partial charge is 0.0619 e. The Morgan fingerprint density at radius 2 is 1.33 bits per heavy atom. The molecule has 1 aromatic rings. The van der Waals surface area contributed by atoms with Gasteiger partial charge in [0.2, 0.25) is 0 Å². The minimum absolute atomic E-state index is 0.200. The van der Waals surface area contributed by atoms with Gasteiger partial charge in [-0.05, 0) is 181 Å². The van der Waals surface area contributed by atoms with Crippen LogP contribution in [0.3, 0.4) is 0 Å². The number of rotatable bonds is 7. The highest BCUT2D eigenvalue weighted by Crippen LogP contribution is 2.61. The summed E-state index contributed by atoms with van der Waals surface area (Å²) in [7, 11) is 0. The molecule has 0 aromatic heterocycles. The number of fused-ring (bicyclic) bond motifs is 2. The van der Waals surface area contributed by atoms with Crippen LogP contribution in [0.25, 0.3) is 0 Å². The molecule has 0 bridgehead atoms. The molecule has 1 saturated heterocycles. The van der Waals surface area contributed by atoms with Gasteiger partial charge in [0.05, 0.1) is 18.2 Å². The lowest BCUT2D eigenvalue weighted by Gasteiger charge is -2.60. The van der Waals surface area contributed by atoms with E-state index in [1.54, 1.807) is 22.4 Å². The molecule has 310 valence electrons. The summed E-state index contributed by atoms with van der Waals surface area (Å²) < 4.78 is 7.18. The van der Waals surface area contributed by atoms with Gasteiger partial charge in [-0.2, -0.15) is 0 Å². The van der Waals surface area contributed by atoms with Crippen LogP contribution in [0.5, 0.6) is 0 Å². The van der Waals surface area contributed by atoms with E-state index < -0.39 is 0 Å². The van der Waals surface area contributed by atoms with Crippen LogP contribution in [0, 0.1) is 41.4 Å². The standard InChI is InChI=1S/C55H79NO/c1-38-48(39-18-5-2-6-19-39)37-51(56-54(38)40-20-7-3-8-21-40)45-26-16-24-43(35-45)41-22-15-23-42(34-41)44-25-17-29-47(36-44)55(46-27-9-4-10-28-46)49-30-11-13-32-52(49)57-53-33-14-12-31-50(53)55/h2,5,17,25,27,29,36,39-43,45,49-53H,3-4,6-16,18-24,26,28,30-35,37H2,1H3/t39?,41?,42?,43?,45?,49?,50?,51?,52-,53?,55?/m1/s1. The van der Waals surface area contributed by atoms with E-state index in [0.717, 1.165) is 35.5 Å². The average Bonchev–Trinajstić information content (AvgIpc) is 3.29. The summed E-state index contributed by atoms with van der Waals surface area (Å²) in [5.74, 6) is 6.14. The molecule has 2 heteroatoms. The van der Waals surface area contributed by atoms with Crippen molar-refractivity contribution in [2.45, 2.75) is 223 Å². The molecule has 6 fully saturated rings. The Morgan fingerprint density at radius 1 is 0.614 bits per heavy atom. The van der Waals surface area contributed by atoms with Gasteiger partial charge < -0.3 is 4.74 Å². The van der Waals surface area contributed by atoms with Gasteiger partial charge in [-0.15, -0.1) is 0 Å². The van der Waals surface area contributed by atoms with E-state index in [2.05, 4.69) is 49.4 Å². The van der Waals surface area contributed by atoms with Crippen LogP contribution < -0.4 is 0 Å². The number of nitrogens with zero attached hydrogens (tertiary/aromatic N) is 1. The second-order valence-electron chi connectivity index (χ2n) is 21.5. The molecule has 2 nitrogen and oxygen atoms in total. The maximum atomic E-state index is 7.18. The minimum Gasteiger partial charge on any atom is -0.374 e. The molecule has 1 aromatic carbocycles. The fraction of sp³-hybridized carbons (Fsp3) is 0.764. The fourth-order valence-electron chi connectivity index (χ4n) is 15.9. The quantitative estimate of drug-likeness (QED) is 0.253. The van der Waals surface area contributed by atoms with E-state index in [9.17, 15) is 0 Å². The average molecular weight is 770 g/mol. The summed E-state index contributed by atoms with van der Waals surface area (Å²) in [4.78, 5) is 5.88. The van der Waals surface area contributed by atoms with Gasteiger partial charge in [0.15, 0.2) is 0 Å². The highest BCUT2D eigenvalue weighted by atomic mass is 16.5. The van der Waals surface area contributed by atoms with E-state index in [-0.39, 0.29) is 5.41 Å². The van der Waals surface area contributed by atoms with Crippen LogP contribution in [0.1, 0.15) is 210 Å². The summed E-state index contributed by atoms with van der Waals surface area (Å²) in [6.45, 7) is 2.50. The van der Waals surface area contributed by atoms with Crippen LogP contribution >= 0.6 is 0 Å². The summed E-state index contributed by atoms with van der Waals surface area (Å²) in [5.41, 5.74) is 10.5. The van der Waals surface area contributed by atoms with E-state index in [0.29, 0.717) is 30.1 Å². The van der Waals surface area contributed by atoms with Crippen molar-refractivity contribution < 1.29 is 4.74 Å². The molecular weight excluding hydrogens is 691 g/mol. The zero-order valence-electron chi connectivity index (χ0n) is 36.3. The third-order valence-electron chi connectivity index (χ3n) is 18.6. The molecule has 7 aliphatic carbocycles. The third kappa shape index (κ3) is 7.69. The van der Waals surface area contributed by atoms with Crippen molar-refractivity contribution in [1.29, 1.82) is 0 Å². The lowest BCUT2D eigenvalue weighted by Crippen LogP contribution is -2.60. The molecule has 2 heterocycles. The fourth-order valence-corrected chi connectivity index (χ4v) is 15.9. The molecule has 2 aliphatic heterocycles. The molecule has 0 spiro atoms. The Morgan fingerprint density at radius 3 is 2.09 bits per heavy atom. The number of hydrogen-bond donors (Lipinski definition) is 0. The van der Waals surface area contributed by atoms with Crippen LogP contribution in [-0.2, 0) is 10.2 Å². The van der Waals surface area contributed by atoms with Gasteiger partial charge in [-0.3, -0.25) is 4.99 Å². The van der Waals surface area contributed by atoms with E-state index in [1.165, 1.54) is 186 Å². The van der Waals surface area contributed by atoms with Crippen LogP contribution in [0.2, 0.25) is 0 Å². The van der Waals surface area contributed by atoms with Crippen LogP contribution in [0.15, 0.2) is 64.2 Å². The molecule has 57 heavy (non-hydrogen) atoms. The summed E-state index contributed by atoms with van der Waals surface area (Å²) in [6.07, 6.45) is 48.6. The van der Waals surface area contributed by atoms with Crippen molar-refractivity contribution in [2.24, 2.45) is 46.4 Å². The van der Waals surface area contributed by atoms with Crippen molar-refractivity contribution in [1.82, 2.24) is 0 Å². The first kappa shape index (κ1) is 39.2. The van der Waals surface area contributed by atoms with Crippen molar-refractivity contribution in [3.8, 4) is 0 Å². The lowest BCUT2D eigenvalue weighted by atomic mass is 9.49. The second-order valence-corrected chi connectivity index (χ2v) is 21.5. The van der Waals surface area contributed by atoms with Crippen molar-refractivity contribution in [2.75, 3.05) is 0 Å². The second kappa shape index (κ2) is 17.6. The zero-order valence-corrected chi connectivity index (χ0v) is 36.3. The Hall–Kier alpha value is -1.93. The maximum Gasteiger partial charge on any atom is 0.0619 e. The molecule has 0 amide bonds. The summed E-state index contributed by atoms with van der Waals surface area (Å²) >= 11 is 0. The number of ether oxygens (including phenoxy) is 1. The largest absolute Gasteiger partial charge is 0.374 e. The molecule has 5 saturated carbocycles. The van der Waals surface area contributed by atoms with E-state index >= 15 is 0 Å². The van der Waals surface area contributed by atoms with Gasteiger partial charge in [-0.25, -0.2) is 0 Å². The zero-order chi connectivity index (χ0) is 38.2. The molecule has 0 radical (unpaired) electrons. The predicted octanol–water partition coefficient (Wildman–Crippen LogP) is 15.1. The molecule has 0 N–H and O–H groups in total. The lowest BCUT2D eigenvalue weighted by molar-refractivity contribution is -0.175. The number of hydrogen-bond acceptors (Lipinski definition) is 2. The number of allylic oxidation sites excluding steroid dienone is 5. The highest BCUT2D eigenvalue weighted by molar-refractivity contribution is 6.03. The first-order chi connectivity index (χ1) is 28.2. The predicted molar refractivity (Wildman–Crippen MR) is 239 cm³/mol. The number of aliphatic imine (C=N–C) groups is 1. The molecule has 11 atom stereocenters. The van der Waals surface area contributed by atoms with Crippen molar-refractivity contribution in [3.05, 3.63) is 70.3 Å². The van der Waals surface area contributed by atoms with E-state index in [1.807, 2.05) is 11.1 Å².